The third kappa shape index (κ3) is 3.73. The molecular formula is C16H24N2O2. The topological polar surface area (TPSA) is 55.6 Å². The number of carbonyl (C=O) groups is 1. The molecule has 0 saturated carbocycles. The van der Waals surface area contributed by atoms with Crippen LogP contribution in [0.3, 0.4) is 0 Å². The van der Waals surface area contributed by atoms with Gasteiger partial charge in [0.25, 0.3) is 0 Å². The molecule has 0 aliphatic carbocycles. The first-order chi connectivity index (χ1) is 9.49. The summed E-state index contributed by atoms with van der Waals surface area (Å²) in [5.74, 6) is 0.953. The maximum atomic E-state index is 12.6. The lowest BCUT2D eigenvalue weighted by atomic mass is 9.91. The molecule has 1 amide bonds. The molecule has 0 unspecified atom stereocenters. The van der Waals surface area contributed by atoms with Gasteiger partial charge in [-0.05, 0) is 38.8 Å². The fourth-order valence-corrected chi connectivity index (χ4v) is 2.37. The number of hydrogen-bond donors (Lipinski definition) is 1. The first kappa shape index (κ1) is 14.9. The lowest BCUT2D eigenvalue weighted by Gasteiger charge is -2.35. The average Bonchev–Trinajstić information content (AvgIpc) is 2.46. The Morgan fingerprint density at radius 2 is 1.90 bits per heavy atom. The van der Waals surface area contributed by atoms with Gasteiger partial charge in [-0.1, -0.05) is 18.2 Å². The normalized spacial score (nSPS) is 17.1. The molecule has 0 aromatic heterocycles. The van der Waals surface area contributed by atoms with Crippen LogP contribution in [0.1, 0.15) is 26.7 Å². The summed E-state index contributed by atoms with van der Waals surface area (Å²) < 4.78 is 5.73. The van der Waals surface area contributed by atoms with Crippen LogP contribution >= 0.6 is 0 Å². The monoisotopic (exact) mass is 276 g/mol. The summed E-state index contributed by atoms with van der Waals surface area (Å²) in [7, 11) is 0. The fourth-order valence-electron chi connectivity index (χ4n) is 2.37. The van der Waals surface area contributed by atoms with Crippen LogP contribution in [-0.2, 0) is 4.79 Å². The smallest absolute Gasteiger partial charge is 0.231 e. The Labute approximate surface area is 120 Å². The number of carbonyl (C=O) groups excluding carboxylic acids is 1. The molecule has 1 heterocycles. The van der Waals surface area contributed by atoms with Crippen molar-refractivity contribution in [1.29, 1.82) is 0 Å². The van der Waals surface area contributed by atoms with Crippen molar-refractivity contribution in [2.45, 2.75) is 32.7 Å². The van der Waals surface area contributed by atoms with E-state index in [1.807, 2.05) is 49.1 Å². The van der Waals surface area contributed by atoms with E-state index in [0.29, 0.717) is 6.61 Å². The first-order valence-corrected chi connectivity index (χ1v) is 7.22. The molecule has 4 heteroatoms. The van der Waals surface area contributed by atoms with Crippen LogP contribution in [0.5, 0.6) is 5.75 Å². The Kier molecular flexibility index (Phi) is 4.65. The lowest BCUT2D eigenvalue weighted by Crippen LogP contribution is -2.49. The van der Waals surface area contributed by atoms with Crippen molar-refractivity contribution in [2.24, 2.45) is 11.1 Å². The summed E-state index contributed by atoms with van der Waals surface area (Å²) >= 11 is 0. The van der Waals surface area contributed by atoms with E-state index in [1.165, 1.54) is 0 Å². The third-order valence-electron chi connectivity index (χ3n) is 3.75. The van der Waals surface area contributed by atoms with Crippen LogP contribution in [0.2, 0.25) is 0 Å². The van der Waals surface area contributed by atoms with Crippen molar-refractivity contribution in [3.63, 3.8) is 0 Å². The van der Waals surface area contributed by atoms with Gasteiger partial charge in [0.15, 0.2) is 0 Å². The van der Waals surface area contributed by atoms with Gasteiger partial charge in [-0.3, -0.25) is 4.79 Å². The highest BCUT2D eigenvalue weighted by Crippen LogP contribution is 2.23. The number of ether oxygens (including phenoxy) is 1. The van der Waals surface area contributed by atoms with Crippen molar-refractivity contribution < 1.29 is 9.53 Å². The zero-order valence-corrected chi connectivity index (χ0v) is 12.3. The number of piperidine rings is 1. The van der Waals surface area contributed by atoms with E-state index in [-0.39, 0.29) is 11.9 Å². The summed E-state index contributed by atoms with van der Waals surface area (Å²) in [6.45, 7) is 5.78. The molecule has 0 radical (unpaired) electrons. The molecular weight excluding hydrogens is 252 g/mol. The van der Waals surface area contributed by atoms with Crippen LogP contribution in [0.15, 0.2) is 30.3 Å². The molecule has 4 nitrogen and oxygen atoms in total. The Bertz CT molecular complexity index is 437. The minimum Gasteiger partial charge on any atom is -0.492 e. The van der Waals surface area contributed by atoms with E-state index in [0.717, 1.165) is 31.7 Å². The summed E-state index contributed by atoms with van der Waals surface area (Å²) in [5.41, 5.74) is 5.36. The molecule has 1 saturated heterocycles. The molecule has 1 aliphatic heterocycles. The molecule has 0 bridgehead atoms. The van der Waals surface area contributed by atoms with Crippen LogP contribution in [0.25, 0.3) is 0 Å². The van der Waals surface area contributed by atoms with Crippen molar-refractivity contribution in [1.82, 2.24) is 4.90 Å². The molecule has 0 atom stereocenters. The molecule has 2 N–H and O–H groups in total. The number of amides is 1. The third-order valence-corrected chi connectivity index (χ3v) is 3.75. The van der Waals surface area contributed by atoms with E-state index in [1.54, 1.807) is 0 Å². The van der Waals surface area contributed by atoms with Gasteiger partial charge >= 0.3 is 0 Å². The number of hydrogen-bond acceptors (Lipinski definition) is 3. The van der Waals surface area contributed by atoms with Gasteiger partial charge in [0.2, 0.25) is 5.91 Å². The maximum absolute atomic E-state index is 12.6. The van der Waals surface area contributed by atoms with Gasteiger partial charge < -0.3 is 15.4 Å². The Hall–Kier alpha value is -1.55. The SMILES string of the molecule is CC(C)(COc1ccccc1)C(=O)N1CCC(N)CC1. The summed E-state index contributed by atoms with van der Waals surface area (Å²) in [4.78, 5) is 14.5. The fraction of sp³-hybridized carbons (Fsp3) is 0.562. The van der Waals surface area contributed by atoms with Gasteiger partial charge in [-0.25, -0.2) is 0 Å². The summed E-state index contributed by atoms with van der Waals surface area (Å²) in [6, 6.07) is 9.84. The second-order valence-electron chi connectivity index (χ2n) is 6.12. The van der Waals surface area contributed by atoms with Crippen LogP contribution in [0, 0.1) is 5.41 Å². The van der Waals surface area contributed by atoms with E-state index in [2.05, 4.69) is 0 Å². The number of para-hydroxylation sites is 1. The van der Waals surface area contributed by atoms with Gasteiger partial charge in [0, 0.05) is 19.1 Å². The van der Waals surface area contributed by atoms with Gasteiger partial charge in [0.05, 0.1) is 5.41 Å². The average molecular weight is 276 g/mol. The predicted octanol–water partition coefficient (Wildman–Crippen LogP) is 2.04. The Morgan fingerprint density at radius 3 is 2.50 bits per heavy atom. The van der Waals surface area contributed by atoms with E-state index in [9.17, 15) is 4.79 Å². The quantitative estimate of drug-likeness (QED) is 0.915. The maximum Gasteiger partial charge on any atom is 0.231 e. The largest absolute Gasteiger partial charge is 0.492 e. The molecule has 110 valence electrons. The molecule has 1 aromatic carbocycles. The molecule has 0 spiro atoms. The number of rotatable bonds is 4. The Morgan fingerprint density at radius 1 is 1.30 bits per heavy atom. The zero-order valence-electron chi connectivity index (χ0n) is 12.3. The van der Waals surface area contributed by atoms with Gasteiger partial charge in [-0.2, -0.15) is 0 Å². The van der Waals surface area contributed by atoms with Crippen molar-refractivity contribution in [2.75, 3.05) is 19.7 Å². The zero-order chi connectivity index (χ0) is 14.6. The number of benzene rings is 1. The molecule has 1 aromatic rings. The molecule has 20 heavy (non-hydrogen) atoms. The Balaban J connectivity index is 1.90. The van der Waals surface area contributed by atoms with Crippen molar-refractivity contribution in [3.8, 4) is 5.75 Å². The van der Waals surface area contributed by atoms with Crippen molar-refractivity contribution >= 4 is 5.91 Å². The van der Waals surface area contributed by atoms with Gasteiger partial charge in [0.1, 0.15) is 12.4 Å². The lowest BCUT2D eigenvalue weighted by molar-refractivity contribution is -0.143. The van der Waals surface area contributed by atoms with E-state index >= 15 is 0 Å². The number of likely N-dealkylation sites (tertiary alicyclic amines) is 1. The summed E-state index contributed by atoms with van der Waals surface area (Å²) in [6.07, 6.45) is 1.78. The second-order valence-corrected chi connectivity index (χ2v) is 6.12. The predicted molar refractivity (Wildman–Crippen MR) is 79.5 cm³/mol. The number of nitrogens with zero attached hydrogens (tertiary/aromatic N) is 1. The van der Waals surface area contributed by atoms with Crippen molar-refractivity contribution in [3.05, 3.63) is 30.3 Å². The summed E-state index contributed by atoms with van der Waals surface area (Å²) in [5, 5.41) is 0. The standard InChI is InChI=1S/C16H24N2O2/c1-16(2,12-20-14-6-4-3-5-7-14)15(19)18-10-8-13(17)9-11-18/h3-7,13H,8-12,17H2,1-2H3. The molecule has 1 fully saturated rings. The number of nitrogens with two attached hydrogens (primary N) is 1. The highest BCUT2D eigenvalue weighted by Gasteiger charge is 2.34. The van der Waals surface area contributed by atoms with Crippen LogP contribution < -0.4 is 10.5 Å². The van der Waals surface area contributed by atoms with Gasteiger partial charge in [-0.15, -0.1) is 0 Å². The minimum atomic E-state index is -0.517. The molecule has 1 aliphatic rings. The first-order valence-electron chi connectivity index (χ1n) is 7.22. The second kappa shape index (κ2) is 6.27. The van der Waals surface area contributed by atoms with Crippen LogP contribution in [0.4, 0.5) is 0 Å². The highest BCUT2D eigenvalue weighted by atomic mass is 16.5. The van der Waals surface area contributed by atoms with E-state index < -0.39 is 5.41 Å². The molecule has 2 rings (SSSR count). The highest BCUT2D eigenvalue weighted by molar-refractivity contribution is 5.82. The minimum absolute atomic E-state index is 0.153. The van der Waals surface area contributed by atoms with Crippen LogP contribution in [-0.4, -0.2) is 36.5 Å². The van der Waals surface area contributed by atoms with E-state index in [4.69, 9.17) is 10.5 Å².